The zero-order valence-electron chi connectivity index (χ0n) is 15.5. The van der Waals surface area contributed by atoms with Gasteiger partial charge in [0, 0.05) is 12.1 Å². The molecule has 0 fully saturated rings. The van der Waals surface area contributed by atoms with Crippen molar-refractivity contribution >= 4 is 15.7 Å². The van der Waals surface area contributed by atoms with E-state index in [4.69, 9.17) is 14.2 Å². The Morgan fingerprint density at radius 3 is 2.26 bits per heavy atom. The van der Waals surface area contributed by atoms with E-state index in [1.54, 1.807) is 12.1 Å². The van der Waals surface area contributed by atoms with Crippen molar-refractivity contribution in [1.29, 1.82) is 5.26 Å². The van der Waals surface area contributed by atoms with Crippen LogP contribution in [0.3, 0.4) is 0 Å². The average molecular weight is 390 g/mol. The van der Waals surface area contributed by atoms with Gasteiger partial charge in [-0.1, -0.05) is 13.3 Å². The molecule has 0 atom stereocenters. The van der Waals surface area contributed by atoms with E-state index < -0.39 is 10.0 Å². The molecule has 0 aliphatic heterocycles. The van der Waals surface area contributed by atoms with Crippen LogP contribution in [0.15, 0.2) is 41.3 Å². The summed E-state index contributed by atoms with van der Waals surface area (Å²) in [6.07, 6.45) is 1.95. The zero-order valence-corrected chi connectivity index (χ0v) is 16.3. The maximum Gasteiger partial charge on any atom is 0.261 e. The molecule has 0 aromatic heterocycles. The molecule has 7 nitrogen and oxygen atoms in total. The number of hydrogen-bond acceptors (Lipinski definition) is 6. The van der Waals surface area contributed by atoms with Crippen LogP contribution in [0.1, 0.15) is 25.3 Å². The second-order valence-corrected chi connectivity index (χ2v) is 7.33. The molecule has 0 spiro atoms. The van der Waals surface area contributed by atoms with Gasteiger partial charge in [0.1, 0.15) is 11.8 Å². The van der Waals surface area contributed by atoms with E-state index in [9.17, 15) is 13.7 Å². The number of hydrogen-bond donors (Lipinski definition) is 1. The first-order valence-electron chi connectivity index (χ1n) is 8.37. The first kappa shape index (κ1) is 20.4. The van der Waals surface area contributed by atoms with Gasteiger partial charge in [0.25, 0.3) is 10.0 Å². The minimum atomic E-state index is -3.89. The molecule has 0 saturated heterocycles. The summed E-state index contributed by atoms with van der Waals surface area (Å²) in [6.45, 7) is 2.65. The Labute approximate surface area is 159 Å². The number of unbranched alkanes of at least 4 members (excludes halogenated alkanes) is 1. The second-order valence-electron chi connectivity index (χ2n) is 5.64. The van der Waals surface area contributed by atoms with E-state index in [0.29, 0.717) is 23.9 Å². The number of sulfonamides is 1. The molecule has 0 bridgehead atoms. The molecule has 2 rings (SSSR count). The summed E-state index contributed by atoms with van der Waals surface area (Å²) >= 11 is 0. The van der Waals surface area contributed by atoms with Crippen molar-refractivity contribution in [3.63, 3.8) is 0 Å². The summed E-state index contributed by atoms with van der Waals surface area (Å²) in [4.78, 5) is 0.0593. The van der Waals surface area contributed by atoms with Gasteiger partial charge in [0.2, 0.25) is 0 Å². The summed E-state index contributed by atoms with van der Waals surface area (Å²) in [6, 6.07) is 10.9. The van der Waals surface area contributed by atoms with Crippen LogP contribution < -0.4 is 18.9 Å². The lowest BCUT2D eigenvalue weighted by Gasteiger charge is -2.14. The van der Waals surface area contributed by atoms with Crippen molar-refractivity contribution in [2.24, 2.45) is 0 Å². The van der Waals surface area contributed by atoms with Crippen LogP contribution in [0, 0.1) is 11.3 Å². The van der Waals surface area contributed by atoms with Crippen molar-refractivity contribution in [2.45, 2.75) is 24.7 Å². The molecule has 27 heavy (non-hydrogen) atoms. The second kappa shape index (κ2) is 9.14. The van der Waals surface area contributed by atoms with Gasteiger partial charge in [-0.25, -0.2) is 8.42 Å². The standard InChI is InChI=1S/C19H22N2O5S/c1-4-5-10-26-15-6-8-16(9-7-15)27(22,23)21-17-12-19(25-3)18(24-2)11-14(17)13-20/h6-9,11-12,21H,4-5,10H2,1-3H3. The van der Waals surface area contributed by atoms with Crippen molar-refractivity contribution in [2.75, 3.05) is 25.5 Å². The first-order chi connectivity index (χ1) is 12.9. The summed E-state index contributed by atoms with van der Waals surface area (Å²) in [5.74, 6) is 1.26. The van der Waals surface area contributed by atoms with Gasteiger partial charge in [-0.3, -0.25) is 4.72 Å². The highest BCUT2D eigenvalue weighted by atomic mass is 32.2. The molecule has 0 amide bonds. The van der Waals surface area contributed by atoms with Crippen LogP contribution in [-0.2, 0) is 10.0 Å². The number of rotatable bonds is 9. The monoisotopic (exact) mass is 390 g/mol. The number of nitriles is 1. The predicted octanol–water partition coefficient (Wildman–Crippen LogP) is 3.56. The summed E-state index contributed by atoms with van der Waals surface area (Å²) in [5.41, 5.74) is 0.231. The number of benzene rings is 2. The SMILES string of the molecule is CCCCOc1ccc(S(=O)(=O)Nc2cc(OC)c(OC)cc2C#N)cc1. The van der Waals surface area contributed by atoms with Gasteiger partial charge in [-0.15, -0.1) is 0 Å². The van der Waals surface area contributed by atoms with Gasteiger partial charge < -0.3 is 14.2 Å². The fraction of sp³-hybridized carbons (Fsp3) is 0.316. The molecule has 2 aromatic rings. The maximum atomic E-state index is 12.7. The normalized spacial score (nSPS) is 10.7. The number of nitrogens with one attached hydrogen (secondary N) is 1. The van der Waals surface area contributed by atoms with Crippen LogP contribution in [0.25, 0.3) is 0 Å². The topological polar surface area (TPSA) is 97.7 Å². The highest BCUT2D eigenvalue weighted by molar-refractivity contribution is 7.92. The third kappa shape index (κ3) is 5.05. The fourth-order valence-corrected chi connectivity index (χ4v) is 3.38. The Balaban J connectivity index is 2.27. The lowest BCUT2D eigenvalue weighted by atomic mass is 10.2. The smallest absolute Gasteiger partial charge is 0.261 e. The van der Waals surface area contributed by atoms with Crippen LogP contribution in [-0.4, -0.2) is 29.2 Å². The predicted molar refractivity (Wildman–Crippen MR) is 102 cm³/mol. The van der Waals surface area contributed by atoms with Crippen LogP contribution >= 0.6 is 0 Å². The number of ether oxygens (including phenoxy) is 3. The Bertz CT molecular complexity index is 918. The zero-order chi connectivity index (χ0) is 19.9. The molecular formula is C19H22N2O5S. The molecular weight excluding hydrogens is 368 g/mol. The van der Waals surface area contributed by atoms with Crippen molar-refractivity contribution in [3.8, 4) is 23.3 Å². The van der Waals surface area contributed by atoms with Gasteiger partial charge in [0.05, 0.1) is 37.0 Å². The van der Waals surface area contributed by atoms with Gasteiger partial charge >= 0.3 is 0 Å². The van der Waals surface area contributed by atoms with E-state index >= 15 is 0 Å². The Morgan fingerprint density at radius 1 is 1.07 bits per heavy atom. The average Bonchev–Trinajstić information content (AvgIpc) is 2.68. The number of methoxy groups -OCH3 is 2. The molecule has 1 N–H and O–H groups in total. The fourth-order valence-electron chi connectivity index (χ4n) is 2.31. The molecule has 0 saturated carbocycles. The molecule has 8 heteroatoms. The van der Waals surface area contributed by atoms with Crippen LogP contribution in [0.5, 0.6) is 17.2 Å². The van der Waals surface area contributed by atoms with Crippen molar-refractivity contribution < 1.29 is 22.6 Å². The molecule has 0 radical (unpaired) electrons. The summed E-state index contributed by atoms with van der Waals surface area (Å²) in [7, 11) is -1.02. The van der Waals surface area contributed by atoms with Crippen LogP contribution in [0.4, 0.5) is 5.69 Å². The largest absolute Gasteiger partial charge is 0.494 e. The lowest BCUT2D eigenvalue weighted by molar-refractivity contribution is 0.309. The minimum absolute atomic E-state index is 0.0593. The van der Waals surface area contributed by atoms with Crippen molar-refractivity contribution in [1.82, 2.24) is 0 Å². The molecule has 0 unspecified atom stereocenters. The molecule has 0 heterocycles. The quantitative estimate of drug-likeness (QED) is 0.658. The Morgan fingerprint density at radius 2 is 1.70 bits per heavy atom. The van der Waals surface area contributed by atoms with E-state index in [1.165, 1.54) is 38.5 Å². The maximum absolute atomic E-state index is 12.7. The first-order valence-corrected chi connectivity index (χ1v) is 9.85. The summed E-state index contributed by atoms with van der Waals surface area (Å²) < 4.78 is 43.6. The van der Waals surface area contributed by atoms with E-state index in [1.807, 2.05) is 6.07 Å². The van der Waals surface area contributed by atoms with Gasteiger partial charge in [-0.2, -0.15) is 5.26 Å². The highest BCUT2D eigenvalue weighted by Crippen LogP contribution is 2.34. The number of nitrogens with zero attached hydrogens (tertiary/aromatic N) is 1. The Kier molecular flexibility index (Phi) is 6.91. The molecule has 0 aliphatic rings. The molecule has 2 aromatic carbocycles. The van der Waals surface area contributed by atoms with E-state index in [2.05, 4.69) is 11.6 Å². The Hall–Kier alpha value is -2.92. The summed E-state index contributed by atoms with van der Waals surface area (Å²) in [5, 5.41) is 9.31. The van der Waals surface area contributed by atoms with E-state index in [0.717, 1.165) is 12.8 Å². The number of anilines is 1. The van der Waals surface area contributed by atoms with Crippen LogP contribution in [0.2, 0.25) is 0 Å². The van der Waals surface area contributed by atoms with Crippen molar-refractivity contribution in [3.05, 3.63) is 42.0 Å². The molecule has 144 valence electrons. The molecule has 0 aliphatic carbocycles. The van der Waals surface area contributed by atoms with E-state index in [-0.39, 0.29) is 16.1 Å². The van der Waals surface area contributed by atoms with Gasteiger partial charge in [0.15, 0.2) is 11.5 Å². The lowest BCUT2D eigenvalue weighted by Crippen LogP contribution is -2.14. The highest BCUT2D eigenvalue weighted by Gasteiger charge is 2.19. The minimum Gasteiger partial charge on any atom is -0.494 e. The third-order valence-corrected chi connectivity index (χ3v) is 5.17. The van der Waals surface area contributed by atoms with Gasteiger partial charge in [-0.05, 0) is 30.7 Å². The third-order valence-electron chi connectivity index (χ3n) is 3.79.